The summed E-state index contributed by atoms with van der Waals surface area (Å²) in [6, 6.07) is 9.80. The maximum Gasteiger partial charge on any atom is 0.215 e. The summed E-state index contributed by atoms with van der Waals surface area (Å²) in [5, 5.41) is 15.4. The molecule has 0 aliphatic carbocycles. The summed E-state index contributed by atoms with van der Waals surface area (Å²) >= 11 is 0. The summed E-state index contributed by atoms with van der Waals surface area (Å²) in [5.41, 5.74) is 16.9. The van der Waals surface area contributed by atoms with Gasteiger partial charge in [0, 0.05) is 20.1 Å². The lowest BCUT2D eigenvalue weighted by atomic mass is 10.1. The molecule has 0 radical (unpaired) electrons. The van der Waals surface area contributed by atoms with E-state index in [1.807, 2.05) is 30.3 Å². The van der Waals surface area contributed by atoms with Crippen LogP contribution in [0.3, 0.4) is 0 Å². The molecule has 0 aromatic heterocycles. The van der Waals surface area contributed by atoms with Gasteiger partial charge in [0.15, 0.2) is 5.96 Å². The summed E-state index contributed by atoms with van der Waals surface area (Å²) in [5.74, 6) is -0.0382. The first kappa shape index (κ1) is 17.9. The van der Waals surface area contributed by atoms with Crippen molar-refractivity contribution < 1.29 is 5.11 Å². The third kappa shape index (κ3) is 8.90. The molecule has 0 fully saturated rings. The van der Waals surface area contributed by atoms with E-state index in [4.69, 9.17) is 27.7 Å². The summed E-state index contributed by atoms with van der Waals surface area (Å²) in [7, 11) is 3.45. The number of aliphatic hydroxyl groups excluding tert-OH is 1. The van der Waals surface area contributed by atoms with E-state index in [0.29, 0.717) is 0 Å². The number of nitrogens with two attached hydrogens (primary N) is 3. The van der Waals surface area contributed by atoms with Crippen LogP contribution >= 0.6 is 0 Å². The van der Waals surface area contributed by atoms with Crippen LogP contribution in [0.2, 0.25) is 0 Å². The fourth-order valence-electron chi connectivity index (χ4n) is 1.20. The van der Waals surface area contributed by atoms with E-state index in [9.17, 15) is 0 Å². The third-order valence-electron chi connectivity index (χ3n) is 2.27. The average Bonchev–Trinajstić information content (AvgIpc) is 2.39. The van der Waals surface area contributed by atoms with Crippen molar-refractivity contribution in [1.82, 2.24) is 4.90 Å². The second-order valence-electron chi connectivity index (χ2n) is 4.38. The Morgan fingerprint density at radius 2 is 1.85 bits per heavy atom. The molecule has 1 aromatic rings. The molecule has 0 saturated heterocycles. The zero-order valence-electron chi connectivity index (χ0n) is 12.0. The van der Waals surface area contributed by atoms with Crippen molar-refractivity contribution in [2.75, 3.05) is 20.7 Å². The maximum atomic E-state index is 8.67. The summed E-state index contributed by atoms with van der Waals surface area (Å²) in [6.45, 7) is 0.0505. The van der Waals surface area contributed by atoms with Crippen LogP contribution < -0.4 is 17.2 Å². The molecule has 0 aliphatic rings. The number of aliphatic imine (C=N–C) groups is 1. The van der Waals surface area contributed by atoms with Gasteiger partial charge in [-0.15, -0.1) is 0 Å². The molecule has 0 saturated carbocycles. The SMILES string of the molecule is CN(C)C(N)=NC(=N)N.NC(CO)Cc1ccccc1. The highest BCUT2D eigenvalue weighted by Crippen LogP contribution is 2.00. The average molecular weight is 280 g/mol. The van der Waals surface area contributed by atoms with Crippen molar-refractivity contribution in [1.29, 1.82) is 5.41 Å². The highest BCUT2D eigenvalue weighted by molar-refractivity contribution is 5.91. The van der Waals surface area contributed by atoms with Crippen molar-refractivity contribution in [2.24, 2.45) is 22.2 Å². The van der Waals surface area contributed by atoms with Gasteiger partial charge >= 0.3 is 0 Å². The molecular weight excluding hydrogens is 256 g/mol. The van der Waals surface area contributed by atoms with Crippen LogP contribution in [0.15, 0.2) is 35.3 Å². The molecule has 1 aromatic carbocycles. The van der Waals surface area contributed by atoms with Gasteiger partial charge in [-0.3, -0.25) is 5.41 Å². The Morgan fingerprint density at radius 3 is 2.20 bits per heavy atom. The summed E-state index contributed by atoms with van der Waals surface area (Å²) in [4.78, 5) is 5.03. The fourth-order valence-corrected chi connectivity index (χ4v) is 1.20. The lowest BCUT2D eigenvalue weighted by Crippen LogP contribution is -2.32. The van der Waals surface area contributed by atoms with Crippen LogP contribution in [0.25, 0.3) is 0 Å². The molecule has 0 heterocycles. The van der Waals surface area contributed by atoms with Crippen molar-refractivity contribution in [3.8, 4) is 0 Å². The van der Waals surface area contributed by atoms with E-state index >= 15 is 0 Å². The van der Waals surface area contributed by atoms with Crippen LogP contribution in [0.1, 0.15) is 5.56 Å². The standard InChI is InChI=1S/C9H13NO.C4H11N5/c10-9(7-11)6-8-4-2-1-3-5-8;1-9(2)4(7)8-3(5)6/h1-5,9,11H,6-7,10H2;1-2H3,(H5,5,6,7,8). The first-order valence-corrected chi connectivity index (χ1v) is 6.12. The number of aliphatic hydroxyl groups is 1. The maximum absolute atomic E-state index is 8.67. The third-order valence-corrected chi connectivity index (χ3v) is 2.27. The van der Waals surface area contributed by atoms with Gasteiger partial charge in [0.2, 0.25) is 5.96 Å². The molecular formula is C13H24N6O. The van der Waals surface area contributed by atoms with Gasteiger partial charge < -0.3 is 27.2 Å². The van der Waals surface area contributed by atoms with Gasteiger partial charge in [-0.2, -0.15) is 4.99 Å². The highest BCUT2D eigenvalue weighted by Gasteiger charge is 2.00. The van der Waals surface area contributed by atoms with E-state index in [-0.39, 0.29) is 24.6 Å². The Balaban J connectivity index is 0.000000370. The predicted molar refractivity (Wildman–Crippen MR) is 82.4 cm³/mol. The molecule has 0 amide bonds. The minimum absolute atomic E-state index is 0.0505. The Labute approximate surface area is 119 Å². The van der Waals surface area contributed by atoms with Crippen LogP contribution in [0.4, 0.5) is 0 Å². The zero-order chi connectivity index (χ0) is 15.5. The van der Waals surface area contributed by atoms with Gasteiger partial charge in [-0.1, -0.05) is 30.3 Å². The van der Waals surface area contributed by atoms with Crippen LogP contribution in [0, 0.1) is 5.41 Å². The van der Waals surface area contributed by atoms with Crippen molar-refractivity contribution in [3.63, 3.8) is 0 Å². The van der Waals surface area contributed by atoms with E-state index in [1.54, 1.807) is 19.0 Å². The Morgan fingerprint density at radius 1 is 1.30 bits per heavy atom. The first-order valence-electron chi connectivity index (χ1n) is 6.12. The summed E-state index contributed by atoms with van der Waals surface area (Å²) < 4.78 is 0. The number of benzene rings is 1. The van der Waals surface area contributed by atoms with E-state index in [0.717, 1.165) is 6.42 Å². The monoisotopic (exact) mass is 280 g/mol. The number of rotatable bonds is 3. The number of nitrogens with one attached hydrogen (secondary N) is 1. The number of nitrogens with zero attached hydrogens (tertiary/aromatic N) is 2. The van der Waals surface area contributed by atoms with Crippen LogP contribution in [0.5, 0.6) is 0 Å². The normalized spacial score (nSPS) is 12.1. The minimum atomic E-state index is -0.277. The molecule has 0 aliphatic heterocycles. The molecule has 8 N–H and O–H groups in total. The van der Waals surface area contributed by atoms with Crippen molar-refractivity contribution >= 4 is 11.9 Å². The quantitative estimate of drug-likeness (QED) is 0.368. The number of guanidine groups is 2. The summed E-state index contributed by atoms with van der Waals surface area (Å²) in [6.07, 6.45) is 0.747. The van der Waals surface area contributed by atoms with Crippen molar-refractivity contribution in [2.45, 2.75) is 12.5 Å². The molecule has 1 unspecified atom stereocenters. The van der Waals surface area contributed by atoms with E-state index < -0.39 is 0 Å². The number of hydrogen-bond donors (Lipinski definition) is 5. The smallest absolute Gasteiger partial charge is 0.215 e. The lowest BCUT2D eigenvalue weighted by molar-refractivity contribution is 0.265. The molecule has 112 valence electrons. The number of hydrogen-bond acceptors (Lipinski definition) is 3. The van der Waals surface area contributed by atoms with Gasteiger partial charge in [-0.05, 0) is 12.0 Å². The van der Waals surface area contributed by atoms with Gasteiger partial charge in [0.1, 0.15) is 0 Å². The topological polar surface area (TPSA) is 138 Å². The lowest BCUT2D eigenvalue weighted by Gasteiger charge is -2.08. The zero-order valence-corrected chi connectivity index (χ0v) is 12.0. The largest absolute Gasteiger partial charge is 0.395 e. The van der Waals surface area contributed by atoms with E-state index in [2.05, 4.69) is 4.99 Å². The predicted octanol–water partition coefficient (Wildman–Crippen LogP) is -0.695. The second kappa shape index (κ2) is 9.76. The Hall–Kier alpha value is -2.12. The van der Waals surface area contributed by atoms with Gasteiger partial charge in [-0.25, -0.2) is 0 Å². The Bertz CT molecular complexity index is 418. The highest BCUT2D eigenvalue weighted by atomic mass is 16.3. The molecule has 1 atom stereocenters. The molecule has 7 heteroatoms. The first-order chi connectivity index (χ1) is 9.36. The van der Waals surface area contributed by atoms with Crippen molar-refractivity contribution in [3.05, 3.63) is 35.9 Å². The van der Waals surface area contributed by atoms with E-state index in [1.165, 1.54) is 5.56 Å². The molecule has 7 nitrogen and oxygen atoms in total. The molecule has 20 heavy (non-hydrogen) atoms. The molecule has 1 rings (SSSR count). The molecule has 0 bridgehead atoms. The molecule has 0 spiro atoms. The fraction of sp³-hybridized carbons (Fsp3) is 0.385. The van der Waals surface area contributed by atoms with Gasteiger partial charge in [0.05, 0.1) is 6.61 Å². The second-order valence-corrected chi connectivity index (χ2v) is 4.38. The van der Waals surface area contributed by atoms with Crippen LogP contribution in [-0.2, 0) is 6.42 Å². The minimum Gasteiger partial charge on any atom is -0.395 e. The Kier molecular flexibility index (Phi) is 8.73. The van der Waals surface area contributed by atoms with Crippen LogP contribution in [-0.4, -0.2) is 48.7 Å². The van der Waals surface area contributed by atoms with Gasteiger partial charge in [0.25, 0.3) is 0 Å².